The summed E-state index contributed by atoms with van der Waals surface area (Å²) in [5.74, 6) is -0.192. The van der Waals surface area contributed by atoms with Gasteiger partial charge in [0.2, 0.25) is 5.91 Å². The first-order valence-corrected chi connectivity index (χ1v) is 6.83. The van der Waals surface area contributed by atoms with Gasteiger partial charge in [-0.25, -0.2) is 4.79 Å². The number of anilines is 1. The molecule has 0 aromatic heterocycles. The highest BCUT2D eigenvalue weighted by Crippen LogP contribution is 2.33. The van der Waals surface area contributed by atoms with Gasteiger partial charge in [-0.05, 0) is 42.7 Å². The van der Waals surface area contributed by atoms with E-state index in [1.54, 1.807) is 17.0 Å². The second kappa shape index (κ2) is 5.25. The van der Waals surface area contributed by atoms with Gasteiger partial charge in [-0.2, -0.15) is 12.6 Å². The van der Waals surface area contributed by atoms with Crippen LogP contribution in [0.25, 0.3) is 0 Å². The topological polar surface area (TPSA) is 57.6 Å². The van der Waals surface area contributed by atoms with Gasteiger partial charge in [0.05, 0.1) is 11.3 Å². The number of nitrogens with zero attached hydrogens (tertiary/aromatic N) is 1. The molecule has 2 rings (SSSR count). The minimum atomic E-state index is -1.000. The van der Waals surface area contributed by atoms with E-state index in [2.05, 4.69) is 12.6 Å². The van der Waals surface area contributed by atoms with E-state index in [1.165, 1.54) is 0 Å². The van der Waals surface area contributed by atoms with Crippen LogP contribution in [-0.2, 0) is 4.79 Å². The molecule has 19 heavy (non-hydrogen) atoms. The van der Waals surface area contributed by atoms with E-state index in [9.17, 15) is 14.7 Å². The first-order valence-electron chi connectivity index (χ1n) is 6.20. The molecule has 1 fully saturated rings. The van der Waals surface area contributed by atoms with Gasteiger partial charge in [0.15, 0.2) is 0 Å². The SMILES string of the molecule is Cc1ccc(C(=O)O)c(N2CC(CS)CC2=O)c1C. The van der Waals surface area contributed by atoms with Crippen molar-refractivity contribution in [3.63, 3.8) is 0 Å². The Morgan fingerprint density at radius 2 is 2.16 bits per heavy atom. The summed E-state index contributed by atoms with van der Waals surface area (Å²) in [7, 11) is 0. The van der Waals surface area contributed by atoms with Crippen LogP contribution in [0, 0.1) is 19.8 Å². The van der Waals surface area contributed by atoms with E-state index in [0.29, 0.717) is 24.4 Å². The first kappa shape index (κ1) is 13.9. The molecule has 0 spiro atoms. The van der Waals surface area contributed by atoms with Crippen molar-refractivity contribution in [2.75, 3.05) is 17.2 Å². The largest absolute Gasteiger partial charge is 0.478 e. The summed E-state index contributed by atoms with van der Waals surface area (Å²) in [6, 6.07) is 3.35. The van der Waals surface area contributed by atoms with E-state index in [-0.39, 0.29) is 17.4 Å². The number of hydrogen-bond acceptors (Lipinski definition) is 3. The second-order valence-electron chi connectivity index (χ2n) is 4.97. The zero-order valence-corrected chi connectivity index (χ0v) is 11.9. The molecule has 1 aromatic carbocycles. The number of carbonyl (C=O) groups is 2. The van der Waals surface area contributed by atoms with Crippen molar-refractivity contribution < 1.29 is 14.7 Å². The van der Waals surface area contributed by atoms with Crippen LogP contribution in [-0.4, -0.2) is 29.3 Å². The van der Waals surface area contributed by atoms with Crippen LogP contribution in [0.15, 0.2) is 12.1 Å². The van der Waals surface area contributed by atoms with E-state index in [1.807, 2.05) is 13.8 Å². The quantitative estimate of drug-likeness (QED) is 0.835. The zero-order chi connectivity index (χ0) is 14.2. The van der Waals surface area contributed by atoms with Crippen molar-refractivity contribution >= 4 is 30.2 Å². The van der Waals surface area contributed by atoms with Crippen molar-refractivity contribution in [3.05, 3.63) is 28.8 Å². The molecule has 1 aliphatic heterocycles. The molecular formula is C14H17NO3S. The highest BCUT2D eigenvalue weighted by molar-refractivity contribution is 7.80. The van der Waals surface area contributed by atoms with Crippen molar-refractivity contribution in [1.82, 2.24) is 0 Å². The van der Waals surface area contributed by atoms with Crippen LogP contribution in [0.3, 0.4) is 0 Å². The number of hydrogen-bond donors (Lipinski definition) is 2. The number of benzene rings is 1. The lowest BCUT2D eigenvalue weighted by Crippen LogP contribution is -2.28. The fraction of sp³-hybridized carbons (Fsp3) is 0.429. The maximum absolute atomic E-state index is 12.1. The Labute approximate surface area is 117 Å². The summed E-state index contributed by atoms with van der Waals surface area (Å²) in [6.07, 6.45) is 0.440. The molecule has 4 nitrogen and oxygen atoms in total. The van der Waals surface area contributed by atoms with Gasteiger partial charge >= 0.3 is 5.97 Å². The first-order chi connectivity index (χ1) is 8.95. The summed E-state index contributed by atoms with van der Waals surface area (Å²) >= 11 is 4.23. The van der Waals surface area contributed by atoms with Gasteiger partial charge in [0.1, 0.15) is 0 Å². The number of carboxylic acid groups (broad SMARTS) is 1. The predicted octanol–water partition coefficient (Wildman–Crippen LogP) is 2.28. The lowest BCUT2D eigenvalue weighted by Gasteiger charge is -2.22. The molecule has 1 unspecified atom stereocenters. The maximum Gasteiger partial charge on any atom is 0.337 e. The number of aromatic carboxylic acids is 1. The monoisotopic (exact) mass is 279 g/mol. The molecule has 0 radical (unpaired) electrons. The Balaban J connectivity index is 2.52. The third kappa shape index (κ3) is 2.47. The minimum absolute atomic E-state index is 0.0183. The number of aryl methyl sites for hydroxylation is 1. The standard InChI is InChI=1S/C14H17NO3S/c1-8-3-4-11(14(17)18)13(9(8)2)15-6-10(7-19)5-12(15)16/h3-4,10,19H,5-7H2,1-2H3,(H,17,18). The van der Waals surface area contributed by atoms with Crippen LogP contribution in [0.4, 0.5) is 5.69 Å². The summed E-state index contributed by atoms with van der Waals surface area (Å²) in [6.45, 7) is 4.33. The Morgan fingerprint density at radius 3 is 2.68 bits per heavy atom. The van der Waals surface area contributed by atoms with Gasteiger partial charge in [-0.15, -0.1) is 0 Å². The third-order valence-corrected chi connectivity index (χ3v) is 4.18. The van der Waals surface area contributed by atoms with E-state index in [0.717, 1.165) is 11.1 Å². The smallest absolute Gasteiger partial charge is 0.337 e. The molecule has 1 atom stereocenters. The molecule has 5 heteroatoms. The molecule has 0 aliphatic carbocycles. The predicted molar refractivity (Wildman–Crippen MR) is 77.2 cm³/mol. The Morgan fingerprint density at radius 1 is 1.47 bits per heavy atom. The van der Waals surface area contributed by atoms with Crippen molar-refractivity contribution in [2.24, 2.45) is 5.92 Å². The highest BCUT2D eigenvalue weighted by atomic mass is 32.1. The number of amides is 1. The van der Waals surface area contributed by atoms with Gasteiger partial charge in [-0.1, -0.05) is 6.07 Å². The number of carbonyl (C=O) groups excluding carboxylic acids is 1. The van der Waals surface area contributed by atoms with Gasteiger partial charge < -0.3 is 10.0 Å². The maximum atomic E-state index is 12.1. The summed E-state index contributed by atoms with van der Waals surface area (Å²) in [5, 5.41) is 9.30. The molecule has 0 bridgehead atoms. The van der Waals surface area contributed by atoms with Crippen molar-refractivity contribution in [2.45, 2.75) is 20.3 Å². The molecule has 1 aromatic rings. The average molecular weight is 279 g/mol. The lowest BCUT2D eigenvalue weighted by molar-refractivity contribution is -0.117. The Kier molecular flexibility index (Phi) is 3.85. The molecular weight excluding hydrogens is 262 g/mol. The normalized spacial score (nSPS) is 19.0. The van der Waals surface area contributed by atoms with Crippen molar-refractivity contribution in [1.29, 1.82) is 0 Å². The molecule has 1 amide bonds. The fourth-order valence-corrected chi connectivity index (χ4v) is 2.69. The summed E-state index contributed by atoms with van der Waals surface area (Å²) in [4.78, 5) is 25.0. The Bertz CT molecular complexity index is 542. The van der Waals surface area contributed by atoms with Crippen LogP contribution in [0.1, 0.15) is 27.9 Å². The molecule has 0 saturated carbocycles. The van der Waals surface area contributed by atoms with E-state index in [4.69, 9.17) is 0 Å². The van der Waals surface area contributed by atoms with Gasteiger partial charge in [-0.3, -0.25) is 4.79 Å². The molecule has 1 N–H and O–H groups in total. The van der Waals surface area contributed by atoms with Gasteiger partial charge in [0.25, 0.3) is 0 Å². The van der Waals surface area contributed by atoms with Crippen LogP contribution >= 0.6 is 12.6 Å². The number of carboxylic acids is 1. The van der Waals surface area contributed by atoms with E-state index >= 15 is 0 Å². The third-order valence-electron chi connectivity index (χ3n) is 3.67. The minimum Gasteiger partial charge on any atom is -0.478 e. The van der Waals surface area contributed by atoms with E-state index < -0.39 is 5.97 Å². The van der Waals surface area contributed by atoms with Crippen LogP contribution in [0.5, 0.6) is 0 Å². The van der Waals surface area contributed by atoms with Crippen LogP contribution in [0.2, 0.25) is 0 Å². The molecule has 102 valence electrons. The number of thiol groups is 1. The molecule has 1 heterocycles. The van der Waals surface area contributed by atoms with Crippen LogP contribution < -0.4 is 4.90 Å². The number of rotatable bonds is 3. The lowest BCUT2D eigenvalue weighted by atomic mass is 10.0. The Hall–Kier alpha value is -1.49. The molecule has 1 saturated heterocycles. The second-order valence-corrected chi connectivity index (χ2v) is 5.33. The summed E-state index contributed by atoms with van der Waals surface area (Å²) < 4.78 is 0. The highest BCUT2D eigenvalue weighted by Gasteiger charge is 2.33. The summed E-state index contributed by atoms with van der Waals surface area (Å²) in [5.41, 5.74) is 2.58. The molecule has 1 aliphatic rings. The average Bonchev–Trinajstić information content (AvgIpc) is 2.73. The van der Waals surface area contributed by atoms with Crippen molar-refractivity contribution in [3.8, 4) is 0 Å². The van der Waals surface area contributed by atoms with Gasteiger partial charge in [0, 0.05) is 13.0 Å². The zero-order valence-electron chi connectivity index (χ0n) is 11.0. The fourth-order valence-electron chi connectivity index (χ4n) is 2.44.